The zero-order valence-corrected chi connectivity index (χ0v) is 22.8. The number of hydrogen-bond acceptors (Lipinski definition) is 9. The number of benzene rings is 2. The molecule has 0 atom stereocenters. The summed E-state index contributed by atoms with van der Waals surface area (Å²) in [5.74, 6) is -1.11. The van der Waals surface area contributed by atoms with Crippen molar-refractivity contribution in [2.45, 2.75) is 12.7 Å². The minimum absolute atomic E-state index is 0.105. The molecule has 0 aliphatic heterocycles. The van der Waals surface area contributed by atoms with E-state index in [0.29, 0.717) is 27.1 Å². The van der Waals surface area contributed by atoms with Crippen molar-refractivity contribution in [1.29, 1.82) is 0 Å². The molecule has 0 N–H and O–H groups in total. The summed E-state index contributed by atoms with van der Waals surface area (Å²) in [5.41, 5.74) is -0.180. The lowest BCUT2D eigenvalue weighted by atomic mass is 10.1. The number of nitrogens with zero attached hydrogens (tertiary/aromatic N) is 3. The average Bonchev–Trinajstić information content (AvgIpc) is 3.12. The molecule has 3 aromatic rings. The predicted molar refractivity (Wildman–Crippen MR) is 132 cm³/mol. The van der Waals surface area contributed by atoms with E-state index in [9.17, 15) is 22.8 Å². The zero-order valence-electron chi connectivity index (χ0n) is 21.2. The van der Waals surface area contributed by atoms with Crippen LogP contribution in [0.2, 0.25) is 5.02 Å². The number of hydrogen-bond donors (Lipinski definition) is 0. The van der Waals surface area contributed by atoms with Gasteiger partial charge in [0.2, 0.25) is 12.7 Å². The number of ether oxygens (including phenoxy) is 2. The van der Waals surface area contributed by atoms with Crippen molar-refractivity contribution in [3.05, 3.63) is 69.2 Å². The van der Waals surface area contributed by atoms with Crippen molar-refractivity contribution >= 4 is 27.7 Å². The number of esters is 1. The molecule has 0 amide bonds. The molecule has 11 nitrogen and oxygen atoms in total. The van der Waals surface area contributed by atoms with Crippen LogP contribution in [-0.4, -0.2) is 73.9 Å². The van der Waals surface area contributed by atoms with Gasteiger partial charge in [-0.15, -0.1) is 5.10 Å². The van der Waals surface area contributed by atoms with Crippen LogP contribution in [0.1, 0.15) is 11.1 Å². The molecule has 0 aliphatic rings. The SMILES string of the molecule is CS(=O)(=O)[O-].C[N+](C)(C)CC(=O)OCOc1ccc(Cl)cc1Cn1nc(-c2ccc(C(F)(F)F)cc2)oc1=O. The third-order valence-corrected chi connectivity index (χ3v) is 4.68. The van der Waals surface area contributed by atoms with E-state index in [4.69, 9.17) is 38.5 Å². The lowest BCUT2D eigenvalue weighted by Crippen LogP contribution is -2.40. The topological polar surface area (TPSA) is 141 Å². The van der Waals surface area contributed by atoms with Crippen molar-refractivity contribution < 1.29 is 49.3 Å². The van der Waals surface area contributed by atoms with E-state index in [1.165, 1.54) is 0 Å². The highest BCUT2D eigenvalue weighted by atomic mass is 35.5. The molecule has 2 aromatic carbocycles. The largest absolute Gasteiger partial charge is 0.748 e. The summed E-state index contributed by atoms with van der Waals surface area (Å²) in [5, 5.41) is 4.42. The van der Waals surface area contributed by atoms with Crippen LogP contribution >= 0.6 is 11.6 Å². The number of rotatable bonds is 8. The summed E-state index contributed by atoms with van der Waals surface area (Å²) in [4.78, 5) is 24.2. The molecule has 1 heterocycles. The molecule has 214 valence electrons. The highest BCUT2D eigenvalue weighted by molar-refractivity contribution is 7.84. The quantitative estimate of drug-likeness (QED) is 0.166. The van der Waals surface area contributed by atoms with E-state index in [-0.39, 0.29) is 31.3 Å². The monoisotopic (exact) mass is 595 g/mol. The second-order valence-corrected chi connectivity index (χ2v) is 10.9. The summed E-state index contributed by atoms with van der Waals surface area (Å²) in [7, 11) is 1.61. The molecule has 39 heavy (non-hydrogen) atoms. The zero-order chi connectivity index (χ0) is 29.6. The van der Waals surface area contributed by atoms with Crippen LogP contribution in [0.5, 0.6) is 5.75 Å². The smallest absolute Gasteiger partial charge is 0.437 e. The average molecular weight is 596 g/mol. The van der Waals surface area contributed by atoms with Crippen LogP contribution in [0.15, 0.2) is 51.7 Å². The molecule has 0 unspecified atom stereocenters. The molecule has 0 aliphatic carbocycles. The Morgan fingerprint density at radius 3 is 2.28 bits per heavy atom. The summed E-state index contributed by atoms with van der Waals surface area (Å²) in [6.07, 6.45) is -3.88. The van der Waals surface area contributed by atoms with Crippen LogP contribution in [0.25, 0.3) is 11.5 Å². The van der Waals surface area contributed by atoms with Gasteiger partial charge < -0.3 is 22.9 Å². The highest BCUT2D eigenvalue weighted by Crippen LogP contribution is 2.30. The van der Waals surface area contributed by atoms with Gasteiger partial charge >= 0.3 is 17.9 Å². The fourth-order valence-corrected chi connectivity index (χ4v) is 3.08. The Hall–Kier alpha value is -3.40. The normalized spacial score (nSPS) is 11.9. The van der Waals surface area contributed by atoms with Crippen molar-refractivity contribution in [3.8, 4) is 17.2 Å². The minimum Gasteiger partial charge on any atom is -0.748 e. The number of alkyl halides is 3. The first-order valence-electron chi connectivity index (χ1n) is 10.9. The molecule has 0 saturated carbocycles. The molecular weight excluding hydrogens is 571 g/mol. The molecule has 3 rings (SSSR count). The summed E-state index contributed by atoms with van der Waals surface area (Å²) < 4.78 is 82.6. The van der Waals surface area contributed by atoms with E-state index in [1.54, 1.807) is 18.2 Å². The summed E-state index contributed by atoms with van der Waals surface area (Å²) in [6, 6.07) is 8.73. The van der Waals surface area contributed by atoms with E-state index in [2.05, 4.69) is 5.10 Å². The van der Waals surface area contributed by atoms with E-state index in [1.807, 2.05) is 21.1 Å². The van der Waals surface area contributed by atoms with Crippen LogP contribution in [0.3, 0.4) is 0 Å². The van der Waals surface area contributed by atoms with Gasteiger partial charge in [0.15, 0.2) is 6.54 Å². The Bertz CT molecular complexity index is 1440. The lowest BCUT2D eigenvalue weighted by Gasteiger charge is -2.22. The third-order valence-electron chi connectivity index (χ3n) is 4.45. The third kappa shape index (κ3) is 11.5. The van der Waals surface area contributed by atoms with Gasteiger partial charge in [-0.2, -0.15) is 17.9 Å². The second-order valence-electron chi connectivity index (χ2n) is 9.09. The van der Waals surface area contributed by atoms with Gasteiger partial charge in [0, 0.05) is 22.4 Å². The van der Waals surface area contributed by atoms with Crippen LogP contribution in [-0.2, 0) is 32.4 Å². The van der Waals surface area contributed by atoms with E-state index >= 15 is 0 Å². The van der Waals surface area contributed by atoms with Crippen LogP contribution in [0.4, 0.5) is 13.2 Å². The van der Waals surface area contributed by atoms with Gasteiger partial charge in [0.05, 0.1) is 43.4 Å². The Morgan fingerprint density at radius 1 is 1.15 bits per heavy atom. The predicted octanol–water partition coefficient (Wildman–Crippen LogP) is 2.97. The molecular formula is C23H25ClF3N3O8S. The summed E-state index contributed by atoms with van der Waals surface area (Å²) >= 11 is 6.07. The van der Waals surface area contributed by atoms with Gasteiger partial charge in [0.25, 0.3) is 0 Å². The number of carbonyl (C=O) groups excluding carboxylic acids is 1. The maximum atomic E-state index is 12.8. The van der Waals surface area contributed by atoms with Crippen LogP contribution < -0.4 is 10.5 Å². The molecule has 0 saturated heterocycles. The Labute approximate surface area is 226 Å². The highest BCUT2D eigenvalue weighted by Gasteiger charge is 2.30. The fourth-order valence-electron chi connectivity index (χ4n) is 2.89. The van der Waals surface area contributed by atoms with Gasteiger partial charge in [-0.25, -0.2) is 18.0 Å². The minimum atomic E-state index is -4.48. The standard InChI is InChI=1S/C22H22ClF3N3O5.CH4O3S/c1-29(2,3)12-19(30)33-13-32-18-9-8-17(23)10-15(18)11-28-21(31)34-20(27-28)14-4-6-16(7-5-14)22(24,25)26;1-5(2,3)4/h4-10H,11-13H2,1-3H3;1H3,(H,2,3,4)/q+1;/p-1. The van der Waals surface area contributed by atoms with Crippen LogP contribution in [0, 0.1) is 0 Å². The number of likely N-dealkylation sites (N-methyl/N-ethyl adjacent to an activating group) is 1. The Kier molecular flexibility index (Phi) is 10.3. The Balaban J connectivity index is 0.000000976. The fraction of sp³-hybridized carbons (Fsp3) is 0.348. The molecule has 0 spiro atoms. The second kappa shape index (κ2) is 12.6. The number of halogens is 4. The van der Waals surface area contributed by atoms with E-state index in [0.717, 1.165) is 28.9 Å². The maximum absolute atomic E-state index is 12.8. The van der Waals surface area contributed by atoms with Gasteiger partial charge in [-0.05, 0) is 42.5 Å². The number of quaternary nitrogens is 1. The molecule has 0 bridgehead atoms. The molecule has 0 fully saturated rings. The van der Waals surface area contributed by atoms with Crippen molar-refractivity contribution in [1.82, 2.24) is 9.78 Å². The van der Waals surface area contributed by atoms with Crippen molar-refractivity contribution in [2.24, 2.45) is 0 Å². The maximum Gasteiger partial charge on any atom is 0.437 e. The number of aromatic nitrogens is 2. The lowest BCUT2D eigenvalue weighted by molar-refractivity contribution is -0.862. The van der Waals surface area contributed by atoms with E-state index < -0.39 is 33.6 Å². The molecule has 1 aromatic heterocycles. The number of carbonyl (C=O) groups is 1. The van der Waals surface area contributed by atoms with Gasteiger partial charge in [-0.3, -0.25) is 0 Å². The molecule has 16 heteroatoms. The first-order chi connectivity index (χ1) is 17.8. The summed E-state index contributed by atoms with van der Waals surface area (Å²) in [6.45, 7) is -0.304. The Morgan fingerprint density at radius 2 is 1.74 bits per heavy atom. The first kappa shape index (κ1) is 31.8. The molecule has 0 radical (unpaired) electrons. The van der Waals surface area contributed by atoms with Crippen molar-refractivity contribution in [3.63, 3.8) is 0 Å². The van der Waals surface area contributed by atoms with Crippen molar-refractivity contribution in [2.75, 3.05) is 40.7 Å². The van der Waals surface area contributed by atoms with Gasteiger partial charge in [0.1, 0.15) is 5.75 Å². The first-order valence-corrected chi connectivity index (χ1v) is 13.0. The van der Waals surface area contributed by atoms with Gasteiger partial charge in [-0.1, -0.05) is 11.6 Å².